The molecule has 0 aliphatic heterocycles. The minimum absolute atomic E-state index is 0.0393. The summed E-state index contributed by atoms with van der Waals surface area (Å²) >= 11 is 0. The molecule has 5 heteroatoms. The van der Waals surface area contributed by atoms with Gasteiger partial charge in [-0.25, -0.2) is 0 Å². The highest BCUT2D eigenvalue weighted by Crippen LogP contribution is 2.55. The van der Waals surface area contributed by atoms with E-state index in [1.807, 2.05) is 17.8 Å². The molecule has 2 atom stereocenters. The Morgan fingerprint density at radius 3 is 1.95 bits per heavy atom. The lowest BCUT2D eigenvalue weighted by atomic mass is 9.94. The highest BCUT2D eigenvalue weighted by molar-refractivity contribution is 6.99. The van der Waals surface area contributed by atoms with Gasteiger partial charge >= 0.3 is 0 Å². The van der Waals surface area contributed by atoms with E-state index in [0.717, 1.165) is 24.4 Å². The summed E-state index contributed by atoms with van der Waals surface area (Å²) in [6, 6.07) is 32.7. The van der Waals surface area contributed by atoms with Crippen LogP contribution in [0.25, 0.3) is 0 Å². The first kappa shape index (κ1) is 26.5. The highest BCUT2D eigenvalue weighted by Gasteiger charge is 2.58. The Morgan fingerprint density at radius 1 is 0.895 bits per heavy atom. The van der Waals surface area contributed by atoms with Gasteiger partial charge in [0.25, 0.3) is 8.32 Å². The van der Waals surface area contributed by atoms with Crippen LogP contribution in [0.15, 0.2) is 97.2 Å². The maximum Gasteiger partial charge on any atom is 0.261 e. The second-order valence-corrected chi connectivity index (χ2v) is 15.9. The first-order valence-electron chi connectivity index (χ1n) is 13.8. The summed E-state index contributed by atoms with van der Waals surface area (Å²) in [6.45, 7) is 13.3. The molecule has 5 rings (SSSR count). The van der Waals surface area contributed by atoms with E-state index in [1.165, 1.54) is 15.9 Å². The molecule has 0 spiro atoms. The standard InChI is InChI=1S/C33H40N2O2Si/c1-6-35-23-31(26(2)34-35)36-25-33(27-16-10-7-11-17-27)22-28(33)24-37-38(32(3,4)5,29-18-12-8-13-19-29)30-20-14-9-15-21-30/h7-21,23,28H,6,22,24-25H2,1-5H3/t28-,33+/m0/s1. The Morgan fingerprint density at radius 2 is 1.45 bits per heavy atom. The largest absolute Gasteiger partial charge is 0.489 e. The number of ether oxygens (including phenoxy) is 1. The fourth-order valence-electron chi connectivity index (χ4n) is 5.98. The van der Waals surface area contributed by atoms with E-state index in [-0.39, 0.29) is 10.5 Å². The molecule has 1 aromatic heterocycles. The summed E-state index contributed by atoms with van der Waals surface area (Å²) in [5.41, 5.74) is 2.21. The van der Waals surface area contributed by atoms with E-state index >= 15 is 0 Å². The topological polar surface area (TPSA) is 36.3 Å². The average Bonchev–Trinajstić information content (AvgIpc) is 3.53. The van der Waals surface area contributed by atoms with Gasteiger partial charge in [0.05, 0.1) is 12.8 Å². The Bertz CT molecular complexity index is 1290. The van der Waals surface area contributed by atoms with E-state index in [4.69, 9.17) is 9.16 Å². The van der Waals surface area contributed by atoms with Gasteiger partial charge in [-0.2, -0.15) is 5.10 Å². The van der Waals surface area contributed by atoms with Crippen LogP contribution in [0.2, 0.25) is 5.04 Å². The zero-order valence-electron chi connectivity index (χ0n) is 23.4. The fraction of sp³-hybridized carbons (Fsp3) is 0.364. The van der Waals surface area contributed by atoms with Crippen LogP contribution in [0, 0.1) is 12.8 Å². The van der Waals surface area contributed by atoms with Gasteiger partial charge in [-0.1, -0.05) is 112 Å². The van der Waals surface area contributed by atoms with Crippen molar-refractivity contribution < 1.29 is 9.16 Å². The Hall–Kier alpha value is -3.15. The molecule has 0 saturated heterocycles. The van der Waals surface area contributed by atoms with Crippen LogP contribution in [0.1, 0.15) is 45.4 Å². The number of aromatic nitrogens is 2. The number of benzene rings is 3. The zero-order chi connectivity index (χ0) is 26.8. The van der Waals surface area contributed by atoms with Crippen LogP contribution < -0.4 is 15.1 Å². The smallest absolute Gasteiger partial charge is 0.261 e. The van der Waals surface area contributed by atoms with Crippen molar-refractivity contribution in [3.8, 4) is 5.75 Å². The highest BCUT2D eigenvalue weighted by atomic mass is 28.4. The van der Waals surface area contributed by atoms with Crippen LogP contribution in [-0.4, -0.2) is 31.3 Å². The molecular weight excluding hydrogens is 484 g/mol. The van der Waals surface area contributed by atoms with Crippen LogP contribution >= 0.6 is 0 Å². The maximum absolute atomic E-state index is 7.33. The molecule has 4 aromatic rings. The molecule has 198 valence electrons. The Labute approximate surface area is 228 Å². The summed E-state index contributed by atoms with van der Waals surface area (Å²) in [4.78, 5) is 0. The van der Waals surface area contributed by atoms with Gasteiger partial charge in [-0.15, -0.1) is 0 Å². The summed E-state index contributed by atoms with van der Waals surface area (Å²) in [5, 5.41) is 7.18. The molecule has 1 aliphatic rings. The minimum atomic E-state index is -2.59. The normalized spacial score (nSPS) is 19.3. The van der Waals surface area contributed by atoms with Gasteiger partial charge in [0.2, 0.25) is 0 Å². The van der Waals surface area contributed by atoms with Crippen molar-refractivity contribution in [2.24, 2.45) is 5.92 Å². The van der Waals surface area contributed by atoms with E-state index < -0.39 is 8.32 Å². The zero-order valence-corrected chi connectivity index (χ0v) is 24.4. The average molecular weight is 525 g/mol. The summed E-state index contributed by atoms with van der Waals surface area (Å²) in [5.74, 6) is 1.26. The molecule has 1 saturated carbocycles. The number of hydrogen-bond acceptors (Lipinski definition) is 3. The molecule has 1 aliphatic carbocycles. The molecule has 0 N–H and O–H groups in total. The third kappa shape index (κ3) is 4.85. The molecule has 0 unspecified atom stereocenters. The summed E-state index contributed by atoms with van der Waals surface area (Å²) in [6.07, 6.45) is 3.07. The van der Waals surface area contributed by atoms with E-state index in [1.54, 1.807) is 0 Å². The fourth-order valence-corrected chi connectivity index (χ4v) is 10.6. The van der Waals surface area contributed by atoms with Crippen LogP contribution in [0.4, 0.5) is 0 Å². The lowest BCUT2D eigenvalue weighted by molar-refractivity contribution is 0.229. The van der Waals surface area contributed by atoms with Crippen LogP contribution in [0.5, 0.6) is 5.75 Å². The Balaban J connectivity index is 1.46. The third-order valence-electron chi connectivity index (χ3n) is 8.21. The monoisotopic (exact) mass is 524 g/mol. The van der Waals surface area contributed by atoms with Crippen molar-refractivity contribution >= 4 is 18.7 Å². The van der Waals surface area contributed by atoms with E-state index in [9.17, 15) is 0 Å². The second-order valence-electron chi connectivity index (χ2n) is 11.6. The molecule has 3 aromatic carbocycles. The predicted octanol–water partition coefficient (Wildman–Crippen LogP) is 6.12. The third-order valence-corrected chi connectivity index (χ3v) is 13.2. The molecular formula is C33H40N2O2Si. The predicted molar refractivity (Wildman–Crippen MR) is 158 cm³/mol. The quantitative estimate of drug-likeness (QED) is 0.234. The molecule has 0 bridgehead atoms. The van der Waals surface area contributed by atoms with Gasteiger partial charge < -0.3 is 9.16 Å². The van der Waals surface area contributed by atoms with Crippen LogP contribution in [0.3, 0.4) is 0 Å². The number of aryl methyl sites for hydroxylation is 2. The van der Waals surface area contributed by atoms with Crippen molar-refractivity contribution in [3.05, 3.63) is 108 Å². The number of hydrogen-bond donors (Lipinski definition) is 0. The summed E-state index contributed by atoms with van der Waals surface area (Å²) < 4.78 is 15.7. The van der Waals surface area contributed by atoms with Gasteiger partial charge in [0.1, 0.15) is 5.69 Å². The minimum Gasteiger partial charge on any atom is -0.489 e. The molecule has 0 radical (unpaired) electrons. The molecule has 1 fully saturated rings. The number of nitrogens with zero attached hydrogens (tertiary/aromatic N) is 2. The lowest BCUT2D eigenvalue weighted by Gasteiger charge is -2.43. The van der Waals surface area contributed by atoms with Crippen molar-refractivity contribution in [1.82, 2.24) is 9.78 Å². The molecule has 38 heavy (non-hydrogen) atoms. The van der Waals surface area contributed by atoms with E-state index in [0.29, 0.717) is 19.1 Å². The van der Waals surface area contributed by atoms with Crippen molar-refractivity contribution in [3.63, 3.8) is 0 Å². The van der Waals surface area contributed by atoms with Gasteiger partial charge in [-0.3, -0.25) is 4.68 Å². The van der Waals surface area contributed by atoms with Crippen molar-refractivity contribution in [2.45, 2.75) is 58.0 Å². The second kappa shape index (κ2) is 10.5. The molecule has 1 heterocycles. The Kier molecular flexibility index (Phi) is 7.34. The first-order chi connectivity index (χ1) is 18.3. The SMILES string of the molecule is CCn1cc(OC[C@@]2(c3ccccc3)C[C@H]2CO[Si](c2ccccc2)(c2ccccc2)C(C)(C)C)c(C)n1. The number of rotatable bonds is 10. The van der Waals surface area contributed by atoms with E-state index in [2.05, 4.69) is 124 Å². The summed E-state index contributed by atoms with van der Waals surface area (Å²) in [7, 11) is -2.59. The van der Waals surface area contributed by atoms with Gasteiger partial charge in [-0.05, 0) is 47.2 Å². The maximum atomic E-state index is 7.33. The lowest BCUT2D eigenvalue weighted by Crippen LogP contribution is -2.66. The molecule has 4 nitrogen and oxygen atoms in total. The molecule has 0 amide bonds. The van der Waals surface area contributed by atoms with Gasteiger partial charge in [0.15, 0.2) is 5.75 Å². The van der Waals surface area contributed by atoms with Crippen molar-refractivity contribution in [2.75, 3.05) is 13.2 Å². The van der Waals surface area contributed by atoms with Crippen molar-refractivity contribution in [1.29, 1.82) is 0 Å². The van der Waals surface area contributed by atoms with Gasteiger partial charge in [0, 0.05) is 18.6 Å². The first-order valence-corrected chi connectivity index (χ1v) is 15.7. The van der Waals surface area contributed by atoms with Crippen LogP contribution in [-0.2, 0) is 16.4 Å².